The lowest BCUT2D eigenvalue weighted by Gasteiger charge is -2.12. The lowest BCUT2D eigenvalue weighted by atomic mass is 10.00. The van der Waals surface area contributed by atoms with Crippen molar-refractivity contribution in [2.45, 2.75) is 12.8 Å². The second kappa shape index (κ2) is 4.11. The van der Waals surface area contributed by atoms with E-state index in [-0.39, 0.29) is 23.0 Å². The fourth-order valence-corrected chi connectivity index (χ4v) is 1.31. The summed E-state index contributed by atoms with van der Waals surface area (Å²) >= 11 is 5.43. The Morgan fingerprint density at radius 1 is 1.50 bits per heavy atom. The number of rotatable bonds is 2. The Balaban J connectivity index is 3.33. The minimum atomic E-state index is -1.33. The van der Waals surface area contributed by atoms with Crippen LogP contribution in [0.5, 0.6) is 5.75 Å². The second-order valence-electron chi connectivity index (χ2n) is 3.06. The molecule has 0 aliphatic rings. The molecule has 78 valence electrons. The molecule has 1 atom stereocenters. The number of aromatic hydroxyl groups is 1. The largest absolute Gasteiger partial charge is 0.505 e. The summed E-state index contributed by atoms with van der Waals surface area (Å²) in [6, 6.07) is 1.19. The average molecular weight is 222 g/mol. The summed E-state index contributed by atoms with van der Waals surface area (Å²) in [7, 11) is 0. The highest BCUT2D eigenvalue weighted by Gasteiger charge is 2.19. The van der Waals surface area contributed by atoms with Gasteiger partial charge in [-0.05, 0) is 18.5 Å². The number of benzene rings is 1. The fraction of sp³-hybridized carbons (Fsp3) is 0.333. The molecule has 1 aromatic rings. The topological polar surface area (TPSA) is 46.2 Å². The van der Waals surface area contributed by atoms with Crippen molar-refractivity contribution in [3.63, 3.8) is 0 Å². The number of hydrogen-bond donors (Lipinski definition) is 2. The van der Waals surface area contributed by atoms with Gasteiger partial charge in [-0.3, -0.25) is 0 Å². The molecular weight excluding hydrogens is 212 g/mol. The Morgan fingerprint density at radius 2 is 2.07 bits per heavy atom. The van der Waals surface area contributed by atoms with Crippen molar-refractivity contribution in [3.8, 4) is 5.75 Å². The molecule has 0 saturated carbocycles. The molecule has 1 unspecified atom stereocenters. The highest BCUT2D eigenvalue weighted by atomic mass is 35.5. The lowest BCUT2D eigenvalue weighted by molar-refractivity contribution is 0.398. The Morgan fingerprint density at radius 3 is 2.57 bits per heavy atom. The third-order valence-electron chi connectivity index (χ3n) is 2.05. The first kappa shape index (κ1) is 11.2. The van der Waals surface area contributed by atoms with Gasteiger partial charge in [-0.15, -0.1) is 0 Å². The van der Waals surface area contributed by atoms with Crippen LogP contribution in [-0.4, -0.2) is 11.7 Å². The summed E-state index contributed by atoms with van der Waals surface area (Å²) in [4.78, 5) is 0. The molecule has 5 heteroatoms. The van der Waals surface area contributed by atoms with Crippen LogP contribution in [0.2, 0.25) is 5.02 Å². The van der Waals surface area contributed by atoms with Crippen molar-refractivity contribution >= 4 is 11.6 Å². The Bertz CT molecular complexity index is 357. The number of hydrogen-bond acceptors (Lipinski definition) is 2. The lowest BCUT2D eigenvalue weighted by Crippen LogP contribution is -2.10. The van der Waals surface area contributed by atoms with Gasteiger partial charge >= 0.3 is 0 Å². The predicted octanol–water partition coefficient (Wildman–Crippen LogP) is 2.39. The maximum Gasteiger partial charge on any atom is 0.202 e. The number of nitrogens with two attached hydrogens (primary N) is 1. The van der Waals surface area contributed by atoms with E-state index in [4.69, 9.17) is 17.3 Å². The molecule has 0 amide bonds. The van der Waals surface area contributed by atoms with Crippen LogP contribution >= 0.6 is 11.6 Å². The van der Waals surface area contributed by atoms with E-state index in [1.165, 1.54) is 6.07 Å². The zero-order valence-electron chi connectivity index (χ0n) is 7.52. The third-order valence-corrected chi connectivity index (χ3v) is 2.33. The summed E-state index contributed by atoms with van der Waals surface area (Å²) in [5.74, 6) is -3.56. The zero-order valence-corrected chi connectivity index (χ0v) is 8.28. The van der Waals surface area contributed by atoms with Crippen LogP contribution in [0.4, 0.5) is 8.78 Å². The molecule has 0 spiro atoms. The molecule has 0 radical (unpaired) electrons. The van der Waals surface area contributed by atoms with Crippen LogP contribution in [0, 0.1) is 11.6 Å². The van der Waals surface area contributed by atoms with Gasteiger partial charge in [0.15, 0.2) is 11.6 Å². The molecule has 14 heavy (non-hydrogen) atoms. The van der Waals surface area contributed by atoms with Gasteiger partial charge in [-0.2, -0.15) is 4.39 Å². The fourth-order valence-electron chi connectivity index (χ4n) is 1.11. The van der Waals surface area contributed by atoms with Gasteiger partial charge in [0.05, 0.1) is 5.02 Å². The van der Waals surface area contributed by atoms with Gasteiger partial charge in [-0.1, -0.05) is 18.5 Å². The maximum absolute atomic E-state index is 13.0. The molecule has 0 saturated heterocycles. The number of phenols is 1. The monoisotopic (exact) mass is 221 g/mol. The quantitative estimate of drug-likeness (QED) is 0.754. The van der Waals surface area contributed by atoms with Crippen molar-refractivity contribution < 1.29 is 13.9 Å². The summed E-state index contributed by atoms with van der Waals surface area (Å²) in [5.41, 5.74) is 5.56. The van der Waals surface area contributed by atoms with Crippen LogP contribution < -0.4 is 5.73 Å². The van der Waals surface area contributed by atoms with Crippen LogP contribution in [0.1, 0.15) is 18.4 Å². The molecular formula is C9H10ClF2NO. The van der Waals surface area contributed by atoms with E-state index in [2.05, 4.69) is 0 Å². The van der Waals surface area contributed by atoms with Crippen LogP contribution in [0.25, 0.3) is 0 Å². The summed E-state index contributed by atoms with van der Waals surface area (Å²) in [6.07, 6.45) is 0. The predicted molar refractivity (Wildman–Crippen MR) is 50.5 cm³/mol. The normalized spacial score (nSPS) is 12.9. The van der Waals surface area contributed by atoms with Crippen LogP contribution in [0.3, 0.4) is 0 Å². The van der Waals surface area contributed by atoms with E-state index in [0.717, 1.165) is 0 Å². The first-order valence-electron chi connectivity index (χ1n) is 4.05. The minimum absolute atomic E-state index is 0.217. The van der Waals surface area contributed by atoms with Gasteiger partial charge in [0.1, 0.15) is 0 Å². The molecule has 1 aromatic carbocycles. The minimum Gasteiger partial charge on any atom is -0.505 e. The van der Waals surface area contributed by atoms with Crippen molar-refractivity contribution in [3.05, 3.63) is 28.3 Å². The van der Waals surface area contributed by atoms with Crippen molar-refractivity contribution in [2.75, 3.05) is 6.54 Å². The standard InChI is InChI=1S/C9H10ClF2NO/c1-4(3-13)5-2-6(10)7(11)8(12)9(5)14/h2,4,14H,3,13H2,1H3. The first-order chi connectivity index (χ1) is 6.49. The van der Waals surface area contributed by atoms with E-state index in [9.17, 15) is 13.9 Å². The molecule has 0 bridgehead atoms. The SMILES string of the molecule is CC(CN)c1cc(Cl)c(F)c(F)c1O. The summed E-state index contributed by atoms with van der Waals surface area (Å²) in [5, 5.41) is 8.92. The van der Waals surface area contributed by atoms with Gasteiger partial charge in [0.2, 0.25) is 5.82 Å². The highest BCUT2D eigenvalue weighted by molar-refractivity contribution is 6.30. The van der Waals surface area contributed by atoms with Crippen LogP contribution in [-0.2, 0) is 0 Å². The van der Waals surface area contributed by atoms with Gasteiger partial charge in [0.25, 0.3) is 0 Å². The zero-order chi connectivity index (χ0) is 10.9. The van der Waals surface area contributed by atoms with E-state index in [0.29, 0.717) is 0 Å². The van der Waals surface area contributed by atoms with E-state index in [1.54, 1.807) is 6.92 Å². The molecule has 0 aromatic heterocycles. The smallest absolute Gasteiger partial charge is 0.202 e. The number of halogens is 3. The van der Waals surface area contributed by atoms with E-state index >= 15 is 0 Å². The summed E-state index contributed by atoms with van der Waals surface area (Å²) < 4.78 is 25.8. The van der Waals surface area contributed by atoms with E-state index in [1.807, 2.05) is 0 Å². The van der Waals surface area contributed by atoms with Crippen LogP contribution in [0.15, 0.2) is 6.07 Å². The van der Waals surface area contributed by atoms with Gasteiger partial charge in [0, 0.05) is 5.56 Å². The van der Waals surface area contributed by atoms with E-state index < -0.39 is 17.4 Å². The molecule has 1 rings (SSSR count). The molecule has 0 aliphatic carbocycles. The highest BCUT2D eigenvalue weighted by Crippen LogP contribution is 2.33. The molecule has 3 N–H and O–H groups in total. The van der Waals surface area contributed by atoms with Crippen molar-refractivity contribution in [2.24, 2.45) is 5.73 Å². The maximum atomic E-state index is 13.0. The average Bonchev–Trinajstić information content (AvgIpc) is 2.19. The Kier molecular flexibility index (Phi) is 3.29. The third kappa shape index (κ3) is 1.81. The second-order valence-corrected chi connectivity index (χ2v) is 3.47. The Hall–Kier alpha value is -0.870. The van der Waals surface area contributed by atoms with Gasteiger partial charge < -0.3 is 10.8 Å². The van der Waals surface area contributed by atoms with Crippen molar-refractivity contribution in [1.82, 2.24) is 0 Å². The molecule has 2 nitrogen and oxygen atoms in total. The van der Waals surface area contributed by atoms with Crippen molar-refractivity contribution in [1.29, 1.82) is 0 Å². The number of phenolic OH excluding ortho intramolecular Hbond substituents is 1. The molecule has 0 fully saturated rings. The Labute approximate surface area is 85.3 Å². The first-order valence-corrected chi connectivity index (χ1v) is 4.43. The van der Waals surface area contributed by atoms with Gasteiger partial charge in [-0.25, -0.2) is 4.39 Å². The summed E-state index contributed by atoms with van der Waals surface area (Å²) in [6.45, 7) is 1.90. The molecule has 0 heterocycles. The molecule has 0 aliphatic heterocycles.